The van der Waals surface area contributed by atoms with Gasteiger partial charge in [0.05, 0.1) is 5.69 Å². The SMILES string of the molecule is CC(C)Cc1nc(-c2cccc(CN)c2)sc1C(C)C. The molecule has 0 aliphatic rings. The van der Waals surface area contributed by atoms with Crippen molar-refractivity contribution in [2.75, 3.05) is 0 Å². The maximum Gasteiger partial charge on any atom is 0.123 e. The number of thiazole rings is 1. The zero-order valence-electron chi connectivity index (χ0n) is 12.8. The molecule has 0 spiro atoms. The van der Waals surface area contributed by atoms with Crippen molar-refractivity contribution in [2.45, 2.75) is 46.6 Å². The Morgan fingerprint density at radius 1 is 1.20 bits per heavy atom. The van der Waals surface area contributed by atoms with E-state index in [9.17, 15) is 0 Å². The standard InChI is InChI=1S/C17H24N2S/c1-11(2)8-15-16(12(3)4)20-17(19-15)14-7-5-6-13(9-14)10-18/h5-7,9,11-12H,8,10,18H2,1-4H3. The third kappa shape index (κ3) is 3.47. The Bertz CT molecular complexity index is 570. The molecule has 2 rings (SSSR count). The van der Waals surface area contributed by atoms with E-state index in [1.807, 2.05) is 11.3 Å². The van der Waals surface area contributed by atoms with Gasteiger partial charge in [0.2, 0.25) is 0 Å². The van der Waals surface area contributed by atoms with Gasteiger partial charge in [-0.15, -0.1) is 11.3 Å². The topological polar surface area (TPSA) is 38.9 Å². The van der Waals surface area contributed by atoms with E-state index in [1.165, 1.54) is 16.1 Å². The molecule has 1 heterocycles. The van der Waals surface area contributed by atoms with Crippen LogP contribution in [0.4, 0.5) is 0 Å². The molecule has 0 bridgehead atoms. The van der Waals surface area contributed by atoms with E-state index < -0.39 is 0 Å². The minimum Gasteiger partial charge on any atom is -0.326 e. The summed E-state index contributed by atoms with van der Waals surface area (Å²) in [6.07, 6.45) is 1.06. The lowest BCUT2D eigenvalue weighted by Crippen LogP contribution is -1.99. The van der Waals surface area contributed by atoms with E-state index in [-0.39, 0.29) is 0 Å². The molecule has 0 saturated carbocycles. The van der Waals surface area contributed by atoms with Crippen LogP contribution in [0.15, 0.2) is 24.3 Å². The van der Waals surface area contributed by atoms with E-state index in [1.54, 1.807) is 0 Å². The van der Waals surface area contributed by atoms with Gasteiger partial charge in [0, 0.05) is 17.0 Å². The molecule has 0 aliphatic heterocycles. The summed E-state index contributed by atoms with van der Waals surface area (Å²) in [5.41, 5.74) is 9.35. The smallest absolute Gasteiger partial charge is 0.123 e. The quantitative estimate of drug-likeness (QED) is 0.874. The van der Waals surface area contributed by atoms with Crippen LogP contribution in [0.2, 0.25) is 0 Å². The van der Waals surface area contributed by atoms with Gasteiger partial charge in [-0.05, 0) is 29.9 Å². The molecule has 3 heteroatoms. The fraction of sp³-hybridized carbons (Fsp3) is 0.471. The third-order valence-corrected chi connectivity index (χ3v) is 4.71. The Hall–Kier alpha value is -1.19. The Labute approximate surface area is 126 Å². The van der Waals surface area contributed by atoms with Crippen LogP contribution in [0, 0.1) is 5.92 Å². The van der Waals surface area contributed by atoms with Gasteiger partial charge in [0.1, 0.15) is 5.01 Å². The van der Waals surface area contributed by atoms with Gasteiger partial charge < -0.3 is 5.73 Å². The van der Waals surface area contributed by atoms with E-state index in [0.29, 0.717) is 18.4 Å². The van der Waals surface area contributed by atoms with Gasteiger partial charge in [0.25, 0.3) is 0 Å². The van der Waals surface area contributed by atoms with Gasteiger partial charge in [-0.3, -0.25) is 0 Å². The molecule has 0 atom stereocenters. The van der Waals surface area contributed by atoms with Gasteiger partial charge in [-0.25, -0.2) is 4.98 Å². The second kappa shape index (κ2) is 6.51. The number of hydrogen-bond acceptors (Lipinski definition) is 3. The Morgan fingerprint density at radius 3 is 2.55 bits per heavy atom. The Balaban J connectivity index is 2.41. The summed E-state index contributed by atoms with van der Waals surface area (Å²) in [6.45, 7) is 9.57. The maximum atomic E-state index is 5.73. The van der Waals surface area contributed by atoms with Crippen LogP contribution in [0.5, 0.6) is 0 Å². The van der Waals surface area contributed by atoms with Crippen LogP contribution in [0.3, 0.4) is 0 Å². The second-order valence-corrected chi connectivity index (χ2v) is 7.02. The van der Waals surface area contributed by atoms with Crippen molar-refractivity contribution in [3.63, 3.8) is 0 Å². The van der Waals surface area contributed by atoms with Gasteiger partial charge in [-0.2, -0.15) is 0 Å². The summed E-state index contributed by atoms with van der Waals surface area (Å²) in [5.74, 6) is 1.17. The first-order valence-electron chi connectivity index (χ1n) is 7.30. The maximum absolute atomic E-state index is 5.73. The lowest BCUT2D eigenvalue weighted by atomic mass is 10.0. The van der Waals surface area contributed by atoms with Crippen molar-refractivity contribution in [3.05, 3.63) is 40.4 Å². The first-order chi connectivity index (χ1) is 9.51. The largest absolute Gasteiger partial charge is 0.326 e. The summed E-state index contributed by atoms with van der Waals surface area (Å²) in [6, 6.07) is 8.41. The predicted octanol–water partition coefficient (Wildman–Crippen LogP) is 4.59. The normalized spacial score (nSPS) is 11.6. The number of hydrogen-bond donors (Lipinski definition) is 1. The first-order valence-corrected chi connectivity index (χ1v) is 8.12. The lowest BCUT2D eigenvalue weighted by molar-refractivity contribution is 0.630. The first kappa shape index (κ1) is 15.2. The monoisotopic (exact) mass is 288 g/mol. The van der Waals surface area contributed by atoms with Crippen molar-refractivity contribution in [1.82, 2.24) is 4.98 Å². The minimum absolute atomic E-state index is 0.535. The molecule has 108 valence electrons. The molecule has 0 radical (unpaired) electrons. The minimum atomic E-state index is 0.535. The molecular weight excluding hydrogens is 264 g/mol. The molecule has 0 unspecified atom stereocenters. The average molecular weight is 288 g/mol. The number of nitrogens with zero attached hydrogens (tertiary/aromatic N) is 1. The highest BCUT2D eigenvalue weighted by Gasteiger charge is 2.16. The molecular formula is C17H24N2S. The van der Waals surface area contributed by atoms with Crippen LogP contribution in [0.25, 0.3) is 10.6 Å². The van der Waals surface area contributed by atoms with Crippen LogP contribution < -0.4 is 5.73 Å². The summed E-state index contributed by atoms with van der Waals surface area (Å²) in [5, 5.41) is 1.12. The molecule has 2 nitrogen and oxygen atoms in total. The summed E-state index contributed by atoms with van der Waals surface area (Å²) in [4.78, 5) is 6.32. The number of nitrogens with two attached hydrogens (primary N) is 1. The van der Waals surface area contributed by atoms with Crippen LogP contribution in [0.1, 0.15) is 49.7 Å². The van der Waals surface area contributed by atoms with Gasteiger partial charge in [-0.1, -0.05) is 45.9 Å². The summed E-state index contributed by atoms with van der Waals surface area (Å²) >= 11 is 1.83. The van der Waals surface area contributed by atoms with Crippen LogP contribution in [-0.2, 0) is 13.0 Å². The molecule has 0 saturated heterocycles. The number of benzene rings is 1. The highest BCUT2D eigenvalue weighted by Crippen LogP contribution is 2.34. The zero-order chi connectivity index (χ0) is 14.7. The Morgan fingerprint density at radius 2 is 1.95 bits per heavy atom. The molecule has 1 aromatic heterocycles. The van der Waals surface area contributed by atoms with E-state index in [4.69, 9.17) is 10.7 Å². The predicted molar refractivity (Wildman–Crippen MR) is 88.1 cm³/mol. The van der Waals surface area contributed by atoms with Crippen LogP contribution >= 0.6 is 11.3 Å². The van der Waals surface area contributed by atoms with E-state index >= 15 is 0 Å². The average Bonchev–Trinajstić information content (AvgIpc) is 2.82. The van der Waals surface area contributed by atoms with Crippen molar-refractivity contribution < 1.29 is 0 Å². The van der Waals surface area contributed by atoms with E-state index in [0.717, 1.165) is 17.0 Å². The highest BCUT2D eigenvalue weighted by atomic mass is 32.1. The molecule has 20 heavy (non-hydrogen) atoms. The molecule has 1 aromatic carbocycles. The fourth-order valence-corrected chi connectivity index (χ4v) is 3.39. The fourth-order valence-electron chi connectivity index (χ4n) is 2.30. The summed E-state index contributed by atoms with van der Waals surface area (Å²) < 4.78 is 0. The summed E-state index contributed by atoms with van der Waals surface area (Å²) in [7, 11) is 0. The third-order valence-electron chi connectivity index (χ3n) is 3.26. The molecule has 0 amide bonds. The Kier molecular flexibility index (Phi) is 4.95. The second-order valence-electron chi connectivity index (χ2n) is 5.99. The van der Waals surface area contributed by atoms with Gasteiger partial charge >= 0.3 is 0 Å². The highest BCUT2D eigenvalue weighted by molar-refractivity contribution is 7.15. The zero-order valence-corrected chi connectivity index (χ0v) is 13.6. The van der Waals surface area contributed by atoms with Crippen LogP contribution in [-0.4, -0.2) is 4.98 Å². The van der Waals surface area contributed by atoms with Gasteiger partial charge in [0.15, 0.2) is 0 Å². The van der Waals surface area contributed by atoms with Crippen molar-refractivity contribution in [2.24, 2.45) is 11.7 Å². The molecule has 0 fully saturated rings. The van der Waals surface area contributed by atoms with Crippen molar-refractivity contribution in [3.8, 4) is 10.6 Å². The molecule has 2 N–H and O–H groups in total. The number of aromatic nitrogens is 1. The number of rotatable bonds is 5. The van der Waals surface area contributed by atoms with E-state index in [2.05, 4.69) is 52.0 Å². The van der Waals surface area contributed by atoms with Crippen molar-refractivity contribution in [1.29, 1.82) is 0 Å². The molecule has 2 aromatic rings. The lowest BCUT2D eigenvalue weighted by Gasteiger charge is -2.06. The van der Waals surface area contributed by atoms with Crippen molar-refractivity contribution >= 4 is 11.3 Å². The molecule has 0 aliphatic carbocycles.